The molecule has 1 fully saturated rings. The molecule has 1 aliphatic carbocycles. The molecular formula is C15H21ClN2O. The molecule has 2 N–H and O–H groups in total. The lowest BCUT2D eigenvalue weighted by atomic mass is 10.1. The van der Waals surface area contributed by atoms with E-state index in [4.69, 9.17) is 11.6 Å². The number of carbonyl (C=O) groups is 1. The largest absolute Gasteiger partial charge is 0.335 e. The number of hydrogen-bond acceptors (Lipinski definition) is 1. The van der Waals surface area contributed by atoms with Crippen LogP contribution < -0.4 is 10.6 Å². The third-order valence-electron chi connectivity index (χ3n) is 3.53. The van der Waals surface area contributed by atoms with Gasteiger partial charge in [0.25, 0.3) is 0 Å². The Balaban J connectivity index is 1.74. The maximum absolute atomic E-state index is 11.8. The van der Waals surface area contributed by atoms with Gasteiger partial charge in [-0.3, -0.25) is 0 Å². The van der Waals surface area contributed by atoms with Gasteiger partial charge in [-0.2, -0.15) is 0 Å². The van der Waals surface area contributed by atoms with Crippen molar-refractivity contribution in [1.29, 1.82) is 0 Å². The minimum Gasteiger partial charge on any atom is -0.335 e. The van der Waals surface area contributed by atoms with Gasteiger partial charge in [-0.25, -0.2) is 4.79 Å². The first kappa shape index (κ1) is 14.2. The van der Waals surface area contributed by atoms with Crippen LogP contribution in [-0.4, -0.2) is 12.1 Å². The Kier molecular flexibility index (Phi) is 5.52. The molecular weight excluding hydrogens is 260 g/mol. The summed E-state index contributed by atoms with van der Waals surface area (Å²) in [6.45, 7) is 0.513. The fourth-order valence-corrected chi connectivity index (χ4v) is 2.70. The molecule has 0 radical (unpaired) electrons. The van der Waals surface area contributed by atoms with Crippen LogP contribution in [0.1, 0.15) is 44.1 Å². The molecule has 1 aliphatic rings. The van der Waals surface area contributed by atoms with Crippen LogP contribution in [0.5, 0.6) is 0 Å². The molecule has 3 nitrogen and oxygen atoms in total. The summed E-state index contributed by atoms with van der Waals surface area (Å²) in [6, 6.07) is 7.80. The van der Waals surface area contributed by atoms with Crippen LogP contribution in [-0.2, 0) is 6.54 Å². The van der Waals surface area contributed by atoms with Crippen LogP contribution in [0.3, 0.4) is 0 Å². The summed E-state index contributed by atoms with van der Waals surface area (Å²) in [4.78, 5) is 11.8. The van der Waals surface area contributed by atoms with Crippen molar-refractivity contribution in [1.82, 2.24) is 10.6 Å². The van der Waals surface area contributed by atoms with Crippen LogP contribution >= 0.6 is 11.6 Å². The van der Waals surface area contributed by atoms with Crippen molar-refractivity contribution in [2.24, 2.45) is 0 Å². The monoisotopic (exact) mass is 280 g/mol. The Labute approximate surface area is 119 Å². The fourth-order valence-electron chi connectivity index (χ4n) is 2.49. The third kappa shape index (κ3) is 5.11. The highest BCUT2D eigenvalue weighted by Crippen LogP contribution is 2.17. The molecule has 2 rings (SSSR count). The lowest BCUT2D eigenvalue weighted by molar-refractivity contribution is 0.235. The Morgan fingerprint density at radius 3 is 2.63 bits per heavy atom. The SMILES string of the molecule is O=C(NCc1cccc(Cl)c1)NC1CCCCCC1. The van der Waals surface area contributed by atoms with E-state index in [0.717, 1.165) is 18.4 Å². The second kappa shape index (κ2) is 7.39. The summed E-state index contributed by atoms with van der Waals surface area (Å²) in [5, 5.41) is 6.64. The van der Waals surface area contributed by atoms with E-state index in [1.165, 1.54) is 25.7 Å². The lowest BCUT2D eigenvalue weighted by Crippen LogP contribution is -2.41. The summed E-state index contributed by atoms with van der Waals surface area (Å²) in [5.41, 5.74) is 1.02. The Hall–Kier alpha value is -1.22. The Morgan fingerprint density at radius 2 is 1.95 bits per heavy atom. The molecule has 104 valence electrons. The van der Waals surface area contributed by atoms with E-state index in [1.54, 1.807) is 0 Å². The van der Waals surface area contributed by atoms with Gasteiger partial charge in [-0.15, -0.1) is 0 Å². The predicted octanol–water partition coefficient (Wildman–Crippen LogP) is 3.86. The molecule has 19 heavy (non-hydrogen) atoms. The molecule has 4 heteroatoms. The van der Waals surface area contributed by atoms with Gasteiger partial charge in [0.05, 0.1) is 0 Å². The number of halogens is 1. The normalized spacial score (nSPS) is 16.7. The first-order chi connectivity index (χ1) is 9.24. The maximum atomic E-state index is 11.8. The second-order valence-electron chi connectivity index (χ2n) is 5.15. The molecule has 1 aromatic carbocycles. The highest BCUT2D eigenvalue weighted by Gasteiger charge is 2.14. The van der Waals surface area contributed by atoms with E-state index in [0.29, 0.717) is 17.6 Å². The molecule has 1 aromatic rings. The van der Waals surface area contributed by atoms with Gasteiger partial charge < -0.3 is 10.6 Å². The highest BCUT2D eigenvalue weighted by molar-refractivity contribution is 6.30. The number of carbonyl (C=O) groups excluding carboxylic acids is 1. The molecule has 0 saturated heterocycles. The molecule has 0 spiro atoms. The van der Waals surface area contributed by atoms with Gasteiger partial charge in [-0.1, -0.05) is 49.4 Å². The van der Waals surface area contributed by atoms with Crippen molar-refractivity contribution in [3.63, 3.8) is 0 Å². The topological polar surface area (TPSA) is 41.1 Å². The molecule has 0 aliphatic heterocycles. The van der Waals surface area contributed by atoms with E-state index in [2.05, 4.69) is 10.6 Å². The van der Waals surface area contributed by atoms with Crippen LogP contribution in [0, 0.1) is 0 Å². The maximum Gasteiger partial charge on any atom is 0.315 e. The summed E-state index contributed by atoms with van der Waals surface area (Å²) in [7, 11) is 0. The zero-order valence-electron chi connectivity index (χ0n) is 11.1. The van der Waals surface area contributed by atoms with Crippen LogP contribution in [0.4, 0.5) is 4.79 Å². The van der Waals surface area contributed by atoms with Gasteiger partial charge in [-0.05, 0) is 30.5 Å². The van der Waals surface area contributed by atoms with Gasteiger partial charge in [0.1, 0.15) is 0 Å². The summed E-state index contributed by atoms with van der Waals surface area (Å²) >= 11 is 5.91. The number of amides is 2. The molecule has 0 heterocycles. The van der Waals surface area contributed by atoms with E-state index in [1.807, 2.05) is 24.3 Å². The number of urea groups is 1. The smallest absolute Gasteiger partial charge is 0.315 e. The van der Waals surface area contributed by atoms with Gasteiger partial charge in [0, 0.05) is 17.6 Å². The van der Waals surface area contributed by atoms with Crippen molar-refractivity contribution >= 4 is 17.6 Å². The summed E-state index contributed by atoms with van der Waals surface area (Å²) in [5.74, 6) is 0. The number of nitrogens with one attached hydrogen (secondary N) is 2. The molecule has 2 amide bonds. The lowest BCUT2D eigenvalue weighted by Gasteiger charge is -2.16. The van der Waals surface area contributed by atoms with Crippen molar-refractivity contribution in [3.05, 3.63) is 34.9 Å². The molecule has 0 unspecified atom stereocenters. The van der Waals surface area contributed by atoms with E-state index in [-0.39, 0.29) is 6.03 Å². The first-order valence-electron chi connectivity index (χ1n) is 7.03. The number of hydrogen-bond donors (Lipinski definition) is 2. The molecule has 0 aromatic heterocycles. The minimum absolute atomic E-state index is 0.0770. The van der Waals surface area contributed by atoms with E-state index in [9.17, 15) is 4.79 Å². The molecule has 1 saturated carbocycles. The zero-order valence-corrected chi connectivity index (χ0v) is 11.9. The van der Waals surface area contributed by atoms with E-state index >= 15 is 0 Å². The molecule has 0 atom stereocenters. The average Bonchev–Trinajstić information content (AvgIpc) is 2.65. The highest BCUT2D eigenvalue weighted by atomic mass is 35.5. The average molecular weight is 281 g/mol. The minimum atomic E-state index is -0.0770. The predicted molar refractivity (Wildman–Crippen MR) is 78.3 cm³/mol. The number of rotatable bonds is 3. The van der Waals surface area contributed by atoms with Crippen molar-refractivity contribution in [2.75, 3.05) is 0 Å². The molecule has 0 bridgehead atoms. The summed E-state index contributed by atoms with van der Waals surface area (Å²) < 4.78 is 0. The third-order valence-corrected chi connectivity index (χ3v) is 3.77. The summed E-state index contributed by atoms with van der Waals surface area (Å²) in [6.07, 6.45) is 7.23. The number of benzene rings is 1. The zero-order chi connectivity index (χ0) is 13.5. The van der Waals surface area contributed by atoms with Gasteiger partial charge in [0.15, 0.2) is 0 Å². The Morgan fingerprint density at radius 1 is 1.21 bits per heavy atom. The van der Waals surface area contributed by atoms with Gasteiger partial charge in [0.2, 0.25) is 0 Å². The first-order valence-corrected chi connectivity index (χ1v) is 7.40. The Bertz CT molecular complexity index is 414. The van der Waals surface area contributed by atoms with Crippen LogP contribution in [0.2, 0.25) is 5.02 Å². The standard InChI is InChI=1S/C15H21ClN2O/c16-13-7-5-6-12(10-13)11-17-15(19)18-14-8-3-1-2-4-9-14/h5-7,10,14H,1-4,8-9,11H2,(H2,17,18,19). The van der Waals surface area contributed by atoms with Crippen LogP contribution in [0.25, 0.3) is 0 Å². The van der Waals surface area contributed by atoms with Crippen molar-refractivity contribution in [2.45, 2.75) is 51.1 Å². The van der Waals surface area contributed by atoms with E-state index < -0.39 is 0 Å². The van der Waals surface area contributed by atoms with Crippen molar-refractivity contribution < 1.29 is 4.79 Å². The van der Waals surface area contributed by atoms with Crippen LogP contribution in [0.15, 0.2) is 24.3 Å². The van der Waals surface area contributed by atoms with Gasteiger partial charge >= 0.3 is 6.03 Å². The second-order valence-corrected chi connectivity index (χ2v) is 5.58. The fraction of sp³-hybridized carbons (Fsp3) is 0.533. The van der Waals surface area contributed by atoms with Crippen molar-refractivity contribution in [3.8, 4) is 0 Å². The quantitative estimate of drug-likeness (QED) is 0.811.